The molecule has 31 heavy (non-hydrogen) atoms. The van der Waals surface area contributed by atoms with Crippen LogP contribution in [0, 0.1) is 0 Å². The highest BCUT2D eigenvalue weighted by atomic mass is 35.5. The van der Waals surface area contributed by atoms with Crippen molar-refractivity contribution in [1.82, 2.24) is 30.1 Å². The number of nitrogens with one attached hydrogen (secondary N) is 1. The maximum atomic E-state index is 13.0. The molecule has 0 spiro atoms. The first-order valence-electron chi connectivity index (χ1n) is 10.6. The van der Waals surface area contributed by atoms with Crippen molar-refractivity contribution in [2.75, 3.05) is 39.3 Å². The van der Waals surface area contributed by atoms with E-state index in [1.165, 1.54) is 0 Å². The smallest absolute Gasteiger partial charge is 0.276 e. The van der Waals surface area contributed by atoms with Crippen molar-refractivity contribution in [3.63, 3.8) is 0 Å². The monoisotopic (exact) mass is 446 g/mol. The Balaban J connectivity index is 1.34. The maximum Gasteiger partial charge on any atom is 0.276 e. The van der Waals surface area contributed by atoms with E-state index in [-0.39, 0.29) is 24.5 Å². The molecule has 10 heteroatoms. The van der Waals surface area contributed by atoms with Crippen LogP contribution in [-0.4, -0.2) is 75.9 Å². The minimum Gasteiger partial charge on any atom is -0.365 e. The highest BCUT2D eigenvalue weighted by molar-refractivity contribution is 6.30. The van der Waals surface area contributed by atoms with E-state index >= 15 is 0 Å². The van der Waals surface area contributed by atoms with Gasteiger partial charge in [-0.1, -0.05) is 35.9 Å². The van der Waals surface area contributed by atoms with Gasteiger partial charge in [-0.05, 0) is 24.1 Å². The summed E-state index contributed by atoms with van der Waals surface area (Å²) >= 11 is 5.96. The van der Waals surface area contributed by atoms with Crippen molar-refractivity contribution in [3.05, 3.63) is 46.2 Å². The molecule has 166 valence electrons. The lowest BCUT2D eigenvalue weighted by atomic mass is 10.1. The summed E-state index contributed by atoms with van der Waals surface area (Å²) in [6.07, 6.45) is 0.762. The predicted molar refractivity (Wildman–Crippen MR) is 115 cm³/mol. The SMILES string of the molecule is CCCNC(=O)CN1CCN(C(=O)c2nnn3c2COC(c2ccc(Cl)cc2)C3)CC1. The number of carbonyl (C=O) groups is 2. The second kappa shape index (κ2) is 9.76. The van der Waals surface area contributed by atoms with Crippen molar-refractivity contribution in [3.8, 4) is 0 Å². The van der Waals surface area contributed by atoms with Crippen LogP contribution in [0.4, 0.5) is 0 Å². The fourth-order valence-corrected chi connectivity index (χ4v) is 3.97. The number of fused-ring (bicyclic) bond motifs is 1. The first-order chi connectivity index (χ1) is 15.0. The highest BCUT2D eigenvalue weighted by Gasteiger charge is 2.31. The second-order valence-electron chi connectivity index (χ2n) is 7.84. The van der Waals surface area contributed by atoms with Gasteiger partial charge in [0, 0.05) is 37.7 Å². The summed E-state index contributed by atoms with van der Waals surface area (Å²) < 4.78 is 7.75. The summed E-state index contributed by atoms with van der Waals surface area (Å²) in [4.78, 5) is 28.8. The Bertz CT molecular complexity index is 924. The molecule has 1 aromatic carbocycles. The lowest BCUT2D eigenvalue weighted by Gasteiger charge is -2.34. The number of benzene rings is 1. The van der Waals surface area contributed by atoms with Crippen LogP contribution in [0.15, 0.2) is 24.3 Å². The van der Waals surface area contributed by atoms with E-state index in [2.05, 4.69) is 20.5 Å². The van der Waals surface area contributed by atoms with Gasteiger partial charge in [0.25, 0.3) is 5.91 Å². The molecule has 0 aliphatic carbocycles. The van der Waals surface area contributed by atoms with Gasteiger partial charge in [0.05, 0.1) is 25.4 Å². The van der Waals surface area contributed by atoms with Crippen molar-refractivity contribution in [2.45, 2.75) is 32.6 Å². The summed E-state index contributed by atoms with van der Waals surface area (Å²) in [5.41, 5.74) is 2.07. The highest BCUT2D eigenvalue weighted by Crippen LogP contribution is 2.28. The molecule has 4 rings (SSSR count). The van der Waals surface area contributed by atoms with E-state index in [0.29, 0.717) is 62.2 Å². The number of aromatic nitrogens is 3. The molecule has 0 radical (unpaired) electrons. The number of hydrogen-bond donors (Lipinski definition) is 1. The zero-order valence-corrected chi connectivity index (χ0v) is 18.3. The number of hydrogen-bond acceptors (Lipinski definition) is 6. The maximum absolute atomic E-state index is 13.0. The van der Waals surface area contributed by atoms with E-state index in [0.717, 1.165) is 12.0 Å². The number of carbonyl (C=O) groups excluding carboxylic acids is 2. The first kappa shape index (κ1) is 21.7. The number of rotatable bonds is 6. The molecule has 1 fully saturated rings. The van der Waals surface area contributed by atoms with Crippen LogP contribution in [0.1, 0.15) is 41.2 Å². The number of piperazine rings is 1. The predicted octanol–water partition coefficient (Wildman–Crippen LogP) is 1.49. The quantitative estimate of drug-likeness (QED) is 0.722. The van der Waals surface area contributed by atoms with Gasteiger partial charge in [0.15, 0.2) is 5.69 Å². The summed E-state index contributed by atoms with van der Waals surface area (Å²) in [7, 11) is 0. The van der Waals surface area contributed by atoms with Crippen LogP contribution in [0.5, 0.6) is 0 Å². The van der Waals surface area contributed by atoms with E-state index in [4.69, 9.17) is 16.3 Å². The molecular formula is C21H27ClN6O3. The molecule has 0 saturated carbocycles. The molecule has 9 nitrogen and oxygen atoms in total. The number of amides is 2. The lowest BCUT2D eigenvalue weighted by Crippen LogP contribution is -2.51. The van der Waals surface area contributed by atoms with Crippen LogP contribution < -0.4 is 5.32 Å². The Kier molecular flexibility index (Phi) is 6.84. The molecular weight excluding hydrogens is 420 g/mol. The Hall–Kier alpha value is -2.49. The van der Waals surface area contributed by atoms with Gasteiger partial charge < -0.3 is 15.0 Å². The topological polar surface area (TPSA) is 92.6 Å². The van der Waals surface area contributed by atoms with E-state index in [1.54, 1.807) is 9.58 Å². The number of halogens is 1. The fourth-order valence-electron chi connectivity index (χ4n) is 3.84. The van der Waals surface area contributed by atoms with Gasteiger partial charge in [0.1, 0.15) is 6.10 Å². The molecule has 1 unspecified atom stereocenters. The van der Waals surface area contributed by atoms with Gasteiger partial charge in [-0.3, -0.25) is 14.5 Å². The summed E-state index contributed by atoms with van der Waals surface area (Å²) in [5, 5.41) is 11.9. The Morgan fingerprint density at radius 2 is 1.94 bits per heavy atom. The van der Waals surface area contributed by atoms with Crippen LogP contribution in [0.3, 0.4) is 0 Å². The van der Waals surface area contributed by atoms with E-state index < -0.39 is 0 Å². The second-order valence-corrected chi connectivity index (χ2v) is 8.27. The number of ether oxygens (including phenoxy) is 1. The Labute approximate surface area is 186 Å². The largest absolute Gasteiger partial charge is 0.365 e. The number of nitrogens with zero attached hydrogens (tertiary/aromatic N) is 5. The van der Waals surface area contributed by atoms with Crippen molar-refractivity contribution >= 4 is 23.4 Å². The summed E-state index contributed by atoms with van der Waals surface area (Å²) in [6.45, 7) is 6.28. The normalized spacial score (nSPS) is 19.2. The van der Waals surface area contributed by atoms with Crippen LogP contribution in [0.25, 0.3) is 0 Å². The molecule has 3 heterocycles. The molecule has 2 aliphatic heterocycles. The van der Waals surface area contributed by atoms with Crippen LogP contribution in [0.2, 0.25) is 5.02 Å². The minimum atomic E-state index is -0.156. The van der Waals surface area contributed by atoms with Gasteiger partial charge in [0.2, 0.25) is 5.91 Å². The molecule has 2 amide bonds. The van der Waals surface area contributed by atoms with Crippen molar-refractivity contribution in [1.29, 1.82) is 0 Å². The summed E-state index contributed by atoms with van der Waals surface area (Å²) in [6, 6.07) is 7.53. The molecule has 1 aromatic heterocycles. The zero-order chi connectivity index (χ0) is 21.8. The van der Waals surface area contributed by atoms with Crippen molar-refractivity contribution in [2.24, 2.45) is 0 Å². The molecule has 0 bridgehead atoms. The van der Waals surface area contributed by atoms with Gasteiger partial charge in [-0.15, -0.1) is 5.10 Å². The fraction of sp³-hybridized carbons (Fsp3) is 0.524. The van der Waals surface area contributed by atoms with E-state index in [1.807, 2.05) is 31.2 Å². The van der Waals surface area contributed by atoms with Crippen molar-refractivity contribution < 1.29 is 14.3 Å². The van der Waals surface area contributed by atoms with Gasteiger partial charge >= 0.3 is 0 Å². The minimum absolute atomic E-state index is 0.0291. The average Bonchev–Trinajstić information content (AvgIpc) is 3.21. The molecule has 1 saturated heterocycles. The molecule has 1 N–H and O–H groups in total. The zero-order valence-electron chi connectivity index (χ0n) is 17.6. The lowest BCUT2D eigenvalue weighted by molar-refractivity contribution is -0.122. The standard InChI is InChI=1S/C21H27ClN6O3/c1-2-7-23-19(29)13-26-8-10-27(11-9-26)21(30)20-17-14-31-18(12-28(17)25-24-20)15-3-5-16(22)6-4-15/h3-6,18H,2,7-14H2,1H3,(H,23,29). The third kappa shape index (κ3) is 5.06. The Morgan fingerprint density at radius 1 is 1.19 bits per heavy atom. The molecule has 2 aromatic rings. The Morgan fingerprint density at radius 3 is 2.65 bits per heavy atom. The van der Waals surface area contributed by atoms with Gasteiger partial charge in [-0.25, -0.2) is 4.68 Å². The van der Waals surface area contributed by atoms with Crippen LogP contribution in [-0.2, 0) is 22.7 Å². The van der Waals surface area contributed by atoms with Gasteiger partial charge in [-0.2, -0.15) is 0 Å². The summed E-state index contributed by atoms with van der Waals surface area (Å²) in [5.74, 6) is -0.105. The average molecular weight is 447 g/mol. The van der Waals surface area contributed by atoms with Crippen LogP contribution >= 0.6 is 11.6 Å². The third-order valence-corrected chi connectivity index (χ3v) is 5.89. The molecule has 2 aliphatic rings. The van der Waals surface area contributed by atoms with E-state index in [9.17, 15) is 9.59 Å². The third-order valence-electron chi connectivity index (χ3n) is 5.64. The first-order valence-corrected chi connectivity index (χ1v) is 11.0. The molecule has 1 atom stereocenters.